The third kappa shape index (κ3) is 2.98. The first kappa shape index (κ1) is 16.8. The molecule has 1 aliphatic rings. The van der Waals surface area contributed by atoms with Crippen LogP contribution < -0.4 is 5.32 Å². The molecule has 0 saturated heterocycles. The maximum Gasteiger partial charge on any atom is 0.270 e. The lowest BCUT2D eigenvalue weighted by Gasteiger charge is -2.29. The number of halogens is 1. The van der Waals surface area contributed by atoms with Crippen molar-refractivity contribution in [3.63, 3.8) is 0 Å². The lowest BCUT2D eigenvalue weighted by atomic mass is 9.86. The molecule has 2 aromatic heterocycles. The molecular weight excluding hydrogens is 333 g/mol. The summed E-state index contributed by atoms with van der Waals surface area (Å²) in [5, 5.41) is 14.4. The summed E-state index contributed by atoms with van der Waals surface area (Å²) in [5.74, 6) is -0.235. The standard InChI is InChI=1S/C19H22FN5O/c1-11-5-3-4-6-16(11)22-19(26)18-14-7-12(13-9-21-25(2)10-13)8-15(20)17(14)23-24-18/h7-11,16H,3-6H2,1-2H3,(H,22,26)(H,23,24)/t11-,16-/m1/s1. The first-order chi connectivity index (χ1) is 12.5. The van der Waals surface area contributed by atoms with Crippen LogP contribution in [-0.4, -0.2) is 31.9 Å². The largest absolute Gasteiger partial charge is 0.348 e. The van der Waals surface area contributed by atoms with Gasteiger partial charge in [0.1, 0.15) is 11.2 Å². The smallest absolute Gasteiger partial charge is 0.270 e. The lowest BCUT2D eigenvalue weighted by Crippen LogP contribution is -2.41. The van der Waals surface area contributed by atoms with E-state index in [1.54, 1.807) is 24.0 Å². The third-order valence-electron chi connectivity index (χ3n) is 5.31. The number of hydrogen-bond acceptors (Lipinski definition) is 3. The quantitative estimate of drug-likeness (QED) is 0.756. The Morgan fingerprint density at radius 1 is 1.31 bits per heavy atom. The Kier molecular flexibility index (Phi) is 4.22. The molecule has 3 aromatic rings. The van der Waals surface area contributed by atoms with Gasteiger partial charge in [0.15, 0.2) is 5.82 Å². The topological polar surface area (TPSA) is 75.6 Å². The molecule has 0 aliphatic heterocycles. The van der Waals surface area contributed by atoms with E-state index in [-0.39, 0.29) is 17.5 Å². The molecule has 1 saturated carbocycles. The van der Waals surface area contributed by atoms with Crippen molar-refractivity contribution in [3.05, 3.63) is 36.0 Å². The van der Waals surface area contributed by atoms with E-state index in [9.17, 15) is 9.18 Å². The number of aromatic amines is 1. The molecular formula is C19H22FN5O. The minimum atomic E-state index is -0.456. The molecule has 6 nitrogen and oxygen atoms in total. The first-order valence-corrected chi connectivity index (χ1v) is 9.00. The highest BCUT2D eigenvalue weighted by atomic mass is 19.1. The van der Waals surface area contributed by atoms with Crippen LogP contribution in [0.15, 0.2) is 24.5 Å². The highest BCUT2D eigenvalue weighted by Gasteiger charge is 2.25. The zero-order valence-electron chi connectivity index (χ0n) is 14.9. The Morgan fingerprint density at radius 3 is 2.85 bits per heavy atom. The number of carbonyl (C=O) groups is 1. The predicted octanol–water partition coefficient (Wildman–Crippen LogP) is 3.41. The predicted molar refractivity (Wildman–Crippen MR) is 97.1 cm³/mol. The first-order valence-electron chi connectivity index (χ1n) is 9.00. The highest BCUT2D eigenvalue weighted by Crippen LogP contribution is 2.28. The van der Waals surface area contributed by atoms with Crippen LogP contribution in [0.2, 0.25) is 0 Å². The van der Waals surface area contributed by atoms with Gasteiger partial charge in [0.2, 0.25) is 0 Å². The SMILES string of the molecule is C[C@@H]1CCCC[C@H]1NC(=O)c1[nH]nc2c(F)cc(-c3cnn(C)c3)cc12. The molecule has 2 heterocycles. The Hall–Kier alpha value is -2.70. The second kappa shape index (κ2) is 6.55. The van der Waals surface area contributed by atoms with Crippen molar-refractivity contribution < 1.29 is 9.18 Å². The number of nitrogens with one attached hydrogen (secondary N) is 2. The molecule has 2 N–H and O–H groups in total. The van der Waals surface area contributed by atoms with E-state index in [2.05, 4.69) is 27.5 Å². The van der Waals surface area contributed by atoms with Crippen molar-refractivity contribution in [1.82, 2.24) is 25.3 Å². The number of aryl methyl sites for hydroxylation is 1. The number of amides is 1. The molecule has 26 heavy (non-hydrogen) atoms. The van der Waals surface area contributed by atoms with E-state index in [1.165, 1.54) is 12.5 Å². The summed E-state index contributed by atoms with van der Waals surface area (Å²) in [4.78, 5) is 12.8. The van der Waals surface area contributed by atoms with Crippen molar-refractivity contribution in [2.24, 2.45) is 13.0 Å². The van der Waals surface area contributed by atoms with Gasteiger partial charge < -0.3 is 5.32 Å². The molecule has 1 amide bonds. The Bertz CT molecular complexity index is 960. The highest BCUT2D eigenvalue weighted by molar-refractivity contribution is 6.05. The maximum atomic E-state index is 14.5. The molecule has 1 aliphatic carbocycles. The summed E-state index contributed by atoms with van der Waals surface area (Å²) in [5.41, 5.74) is 1.95. The van der Waals surface area contributed by atoms with Crippen LogP contribution in [0.1, 0.15) is 43.1 Å². The van der Waals surface area contributed by atoms with Crippen molar-refractivity contribution in [2.45, 2.75) is 38.6 Å². The third-order valence-corrected chi connectivity index (χ3v) is 5.31. The summed E-state index contributed by atoms with van der Waals surface area (Å²) in [6.45, 7) is 2.16. The second-order valence-corrected chi connectivity index (χ2v) is 7.20. The minimum absolute atomic E-state index is 0.154. The van der Waals surface area contributed by atoms with Gasteiger partial charge >= 0.3 is 0 Å². The van der Waals surface area contributed by atoms with Gasteiger partial charge in [-0.25, -0.2) is 4.39 Å². The number of carbonyl (C=O) groups excluding carboxylic acids is 1. The van der Waals surface area contributed by atoms with Crippen molar-refractivity contribution >= 4 is 16.8 Å². The van der Waals surface area contributed by atoms with Gasteiger partial charge in [-0.15, -0.1) is 0 Å². The molecule has 7 heteroatoms. The van der Waals surface area contributed by atoms with E-state index in [0.717, 1.165) is 24.8 Å². The fourth-order valence-corrected chi connectivity index (χ4v) is 3.76. The number of nitrogens with zero attached hydrogens (tertiary/aromatic N) is 3. The van der Waals surface area contributed by atoms with Gasteiger partial charge in [0.25, 0.3) is 5.91 Å². The molecule has 0 spiro atoms. The Morgan fingerprint density at radius 2 is 2.12 bits per heavy atom. The fourth-order valence-electron chi connectivity index (χ4n) is 3.76. The average molecular weight is 355 g/mol. The van der Waals surface area contributed by atoms with Crippen molar-refractivity contribution in [2.75, 3.05) is 0 Å². The van der Waals surface area contributed by atoms with Gasteiger partial charge in [-0.2, -0.15) is 10.2 Å². The zero-order chi connectivity index (χ0) is 18.3. The van der Waals surface area contributed by atoms with Gasteiger partial charge in [-0.3, -0.25) is 14.6 Å². The summed E-state index contributed by atoms with van der Waals surface area (Å²) in [6.07, 6.45) is 7.91. The molecule has 2 atom stereocenters. The summed E-state index contributed by atoms with van der Waals surface area (Å²) in [6, 6.07) is 3.37. The number of H-pyrrole nitrogens is 1. The molecule has 1 aromatic carbocycles. The van der Waals surface area contributed by atoms with Gasteiger partial charge in [0.05, 0.1) is 6.20 Å². The van der Waals surface area contributed by atoms with Crippen molar-refractivity contribution in [3.8, 4) is 11.1 Å². The normalized spacial score (nSPS) is 20.4. The van der Waals surface area contributed by atoms with Crippen LogP contribution >= 0.6 is 0 Å². The summed E-state index contributed by atoms with van der Waals surface area (Å²) >= 11 is 0. The number of rotatable bonds is 3. The second-order valence-electron chi connectivity index (χ2n) is 7.20. The Balaban J connectivity index is 1.69. The summed E-state index contributed by atoms with van der Waals surface area (Å²) < 4.78 is 16.2. The van der Waals surface area contributed by atoms with Crippen LogP contribution in [0.5, 0.6) is 0 Å². The average Bonchev–Trinajstić information content (AvgIpc) is 3.23. The fraction of sp³-hybridized carbons (Fsp3) is 0.421. The molecule has 1 fully saturated rings. The molecule has 0 bridgehead atoms. The minimum Gasteiger partial charge on any atom is -0.348 e. The molecule has 136 valence electrons. The van der Waals surface area contributed by atoms with E-state index in [4.69, 9.17) is 0 Å². The van der Waals surface area contributed by atoms with Gasteiger partial charge in [-0.1, -0.05) is 19.8 Å². The van der Waals surface area contributed by atoms with Crippen LogP contribution in [0.25, 0.3) is 22.0 Å². The van der Waals surface area contributed by atoms with Gasteiger partial charge in [0, 0.05) is 30.2 Å². The van der Waals surface area contributed by atoms with Crippen LogP contribution in [0.3, 0.4) is 0 Å². The Labute approximate surface area is 150 Å². The number of fused-ring (bicyclic) bond motifs is 1. The van der Waals surface area contributed by atoms with Crippen LogP contribution in [0.4, 0.5) is 4.39 Å². The lowest BCUT2D eigenvalue weighted by molar-refractivity contribution is 0.0907. The number of benzene rings is 1. The maximum absolute atomic E-state index is 14.5. The number of aromatic nitrogens is 4. The van der Waals surface area contributed by atoms with Crippen LogP contribution in [0, 0.1) is 11.7 Å². The molecule has 0 unspecified atom stereocenters. The number of hydrogen-bond donors (Lipinski definition) is 2. The van der Waals surface area contributed by atoms with E-state index in [0.29, 0.717) is 22.6 Å². The van der Waals surface area contributed by atoms with E-state index >= 15 is 0 Å². The zero-order valence-corrected chi connectivity index (χ0v) is 14.9. The van der Waals surface area contributed by atoms with Crippen molar-refractivity contribution in [1.29, 1.82) is 0 Å². The van der Waals surface area contributed by atoms with E-state index < -0.39 is 5.82 Å². The molecule has 0 radical (unpaired) electrons. The monoisotopic (exact) mass is 355 g/mol. The molecule has 4 rings (SSSR count). The van der Waals surface area contributed by atoms with Crippen LogP contribution in [-0.2, 0) is 7.05 Å². The van der Waals surface area contributed by atoms with E-state index in [1.807, 2.05) is 6.20 Å². The van der Waals surface area contributed by atoms with Gasteiger partial charge in [-0.05, 0) is 36.5 Å². The summed E-state index contributed by atoms with van der Waals surface area (Å²) in [7, 11) is 1.81.